The van der Waals surface area contributed by atoms with Crippen LogP contribution in [-0.4, -0.2) is 11.7 Å². The fraction of sp³-hybridized carbons (Fsp3) is 0.200. The first-order valence-corrected chi connectivity index (χ1v) is 6.94. The lowest BCUT2D eigenvalue weighted by Gasteiger charge is -2.07. The number of aromatic hydroxyl groups is 1. The van der Waals surface area contributed by atoms with E-state index in [0.29, 0.717) is 23.1 Å². The molecule has 0 saturated carbocycles. The van der Waals surface area contributed by atoms with Gasteiger partial charge in [0, 0.05) is 16.6 Å². The molecule has 0 saturated heterocycles. The van der Waals surface area contributed by atoms with Crippen molar-refractivity contribution in [1.82, 2.24) is 5.32 Å². The Kier molecular flexibility index (Phi) is 5.24. The summed E-state index contributed by atoms with van der Waals surface area (Å²) in [4.78, 5) is 0. The zero-order valence-corrected chi connectivity index (χ0v) is 12.2. The smallest absolute Gasteiger partial charge is 0.165 e. The largest absolute Gasteiger partial charge is 0.505 e. The molecule has 2 N–H and O–H groups in total. The van der Waals surface area contributed by atoms with Crippen LogP contribution < -0.4 is 5.32 Å². The van der Waals surface area contributed by atoms with Gasteiger partial charge in [-0.05, 0) is 48.4 Å². The number of halogens is 3. The van der Waals surface area contributed by atoms with Gasteiger partial charge >= 0.3 is 0 Å². The van der Waals surface area contributed by atoms with Crippen LogP contribution in [0.2, 0.25) is 10.0 Å². The predicted molar refractivity (Wildman–Crippen MR) is 79.9 cm³/mol. The molecule has 0 aromatic heterocycles. The molecule has 0 spiro atoms. The summed E-state index contributed by atoms with van der Waals surface area (Å²) in [5.41, 5.74) is 1.79. The third-order valence-corrected chi connectivity index (χ3v) is 3.51. The molecule has 0 heterocycles. The van der Waals surface area contributed by atoms with Crippen LogP contribution in [0.5, 0.6) is 5.75 Å². The van der Waals surface area contributed by atoms with Gasteiger partial charge in [0.25, 0.3) is 0 Å². The van der Waals surface area contributed by atoms with Gasteiger partial charge in [0.15, 0.2) is 11.6 Å². The molecule has 2 rings (SSSR count). The summed E-state index contributed by atoms with van der Waals surface area (Å²) in [5.74, 6) is -0.938. The lowest BCUT2D eigenvalue weighted by molar-refractivity contribution is 0.431. The highest BCUT2D eigenvalue weighted by molar-refractivity contribution is 6.35. The monoisotopic (exact) mass is 313 g/mol. The van der Waals surface area contributed by atoms with Crippen molar-refractivity contribution in [3.63, 3.8) is 0 Å². The molecule has 0 fully saturated rings. The Morgan fingerprint density at radius 2 is 1.90 bits per heavy atom. The maximum Gasteiger partial charge on any atom is 0.165 e. The molecule has 2 nitrogen and oxygen atoms in total. The van der Waals surface area contributed by atoms with Gasteiger partial charge in [0.2, 0.25) is 0 Å². The average Bonchev–Trinajstić information content (AvgIpc) is 2.40. The van der Waals surface area contributed by atoms with E-state index in [0.717, 1.165) is 17.5 Å². The molecular weight excluding hydrogens is 300 g/mol. The topological polar surface area (TPSA) is 32.3 Å². The van der Waals surface area contributed by atoms with Crippen molar-refractivity contribution in [3.05, 3.63) is 63.4 Å². The van der Waals surface area contributed by atoms with E-state index in [1.807, 2.05) is 6.07 Å². The van der Waals surface area contributed by atoms with Gasteiger partial charge < -0.3 is 10.4 Å². The van der Waals surface area contributed by atoms with Crippen LogP contribution in [0.25, 0.3) is 0 Å². The molecular formula is C15H14Cl2FNO. The van der Waals surface area contributed by atoms with Crippen molar-refractivity contribution in [2.75, 3.05) is 6.54 Å². The van der Waals surface area contributed by atoms with Gasteiger partial charge in [-0.1, -0.05) is 35.3 Å². The molecule has 2 aromatic rings. The van der Waals surface area contributed by atoms with Crippen molar-refractivity contribution in [2.24, 2.45) is 0 Å². The SMILES string of the molecule is Oc1ccc(CNCCc2ccc(Cl)cc2Cl)cc1F. The van der Waals surface area contributed by atoms with Crippen molar-refractivity contribution in [2.45, 2.75) is 13.0 Å². The first-order chi connectivity index (χ1) is 9.56. The first kappa shape index (κ1) is 15.1. The highest BCUT2D eigenvalue weighted by Gasteiger charge is 2.03. The van der Waals surface area contributed by atoms with E-state index in [1.54, 1.807) is 18.2 Å². The molecule has 0 aliphatic carbocycles. The summed E-state index contributed by atoms with van der Waals surface area (Å²) in [6.45, 7) is 1.24. The molecule has 0 amide bonds. The van der Waals surface area contributed by atoms with E-state index >= 15 is 0 Å². The minimum Gasteiger partial charge on any atom is -0.505 e. The summed E-state index contributed by atoms with van der Waals surface area (Å²) in [6, 6.07) is 9.76. The number of phenolic OH excluding ortho intramolecular Hbond substituents is 1. The lowest BCUT2D eigenvalue weighted by Crippen LogP contribution is -2.16. The fourth-order valence-corrected chi connectivity index (χ4v) is 2.34. The van der Waals surface area contributed by atoms with Crippen molar-refractivity contribution >= 4 is 23.2 Å². The number of benzene rings is 2. The van der Waals surface area contributed by atoms with Gasteiger partial charge in [-0.2, -0.15) is 0 Å². The van der Waals surface area contributed by atoms with Gasteiger partial charge in [0.1, 0.15) is 0 Å². The Hall–Kier alpha value is -1.29. The van der Waals surface area contributed by atoms with E-state index in [9.17, 15) is 4.39 Å². The molecule has 5 heteroatoms. The Bertz CT molecular complexity index is 604. The number of rotatable bonds is 5. The first-order valence-electron chi connectivity index (χ1n) is 6.18. The fourth-order valence-electron chi connectivity index (χ4n) is 1.84. The number of phenols is 1. The zero-order chi connectivity index (χ0) is 14.5. The number of hydrogen-bond acceptors (Lipinski definition) is 2. The second-order valence-electron chi connectivity index (χ2n) is 4.45. The normalized spacial score (nSPS) is 10.8. The number of hydrogen-bond donors (Lipinski definition) is 2. The van der Waals surface area contributed by atoms with Gasteiger partial charge in [-0.25, -0.2) is 4.39 Å². The van der Waals surface area contributed by atoms with Crippen molar-refractivity contribution < 1.29 is 9.50 Å². The molecule has 0 aliphatic rings. The van der Waals surface area contributed by atoms with E-state index in [2.05, 4.69) is 5.32 Å². The summed E-state index contributed by atoms with van der Waals surface area (Å²) in [6.07, 6.45) is 0.760. The second-order valence-corrected chi connectivity index (χ2v) is 5.29. The highest BCUT2D eigenvalue weighted by atomic mass is 35.5. The Labute approximate surface area is 127 Å². The Morgan fingerprint density at radius 3 is 2.60 bits per heavy atom. The molecule has 0 aliphatic heterocycles. The molecule has 20 heavy (non-hydrogen) atoms. The second kappa shape index (κ2) is 6.93. The maximum absolute atomic E-state index is 13.1. The van der Waals surface area contributed by atoms with E-state index in [4.69, 9.17) is 28.3 Å². The summed E-state index contributed by atoms with van der Waals surface area (Å²) < 4.78 is 13.1. The van der Waals surface area contributed by atoms with E-state index in [1.165, 1.54) is 12.1 Å². The van der Waals surface area contributed by atoms with Crippen molar-refractivity contribution in [1.29, 1.82) is 0 Å². The third kappa shape index (κ3) is 4.10. The summed E-state index contributed by atoms with van der Waals surface area (Å²) in [7, 11) is 0. The van der Waals surface area contributed by atoms with Crippen LogP contribution in [-0.2, 0) is 13.0 Å². The van der Waals surface area contributed by atoms with Crippen LogP contribution >= 0.6 is 23.2 Å². The summed E-state index contributed by atoms with van der Waals surface area (Å²) in [5, 5.41) is 13.6. The lowest BCUT2D eigenvalue weighted by atomic mass is 10.1. The molecule has 0 unspecified atom stereocenters. The molecule has 106 valence electrons. The zero-order valence-electron chi connectivity index (χ0n) is 10.7. The average molecular weight is 314 g/mol. The van der Waals surface area contributed by atoms with E-state index < -0.39 is 5.82 Å². The molecule has 0 atom stereocenters. The third-order valence-electron chi connectivity index (χ3n) is 2.93. The van der Waals surface area contributed by atoms with Gasteiger partial charge in [0.05, 0.1) is 0 Å². The summed E-state index contributed by atoms with van der Waals surface area (Å²) >= 11 is 11.9. The quantitative estimate of drug-likeness (QED) is 0.812. The van der Waals surface area contributed by atoms with Crippen molar-refractivity contribution in [3.8, 4) is 5.75 Å². The van der Waals surface area contributed by atoms with E-state index in [-0.39, 0.29) is 5.75 Å². The predicted octanol–water partition coefficient (Wildman–Crippen LogP) is 4.17. The van der Waals surface area contributed by atoms with Crippen LogP contribution in [0.3, 0.4) is 0 Å². The molecule has 0 radical (unpaired) electrons. The van der Waals surface area contributed by atoms with Gasteiger partial charge in [-0.15, -0.1) is 0 Å². The highest BCUT2D eigenvalue weighted by Crippen LogP contribution is 2.21. The van der Waals surface area contributed by atoms with Crippen LogP contribution in [0.15, 0.2) is 36.4 Å². The van der Waals surface area contributed by atoms with Crippen LogP contribution in [0.4, 0.5) is 4.39 Å². The van der Waals surface area contributed by atoms with Gasteiger partial charge in [-0.3, -0.25) is 0 Å². The minimum atomic E-state index is -0.606. The number of nitrogens with one attached hydrogen (secondary N) is 1. The Balaban J connectivity index is 1.82. The standard InChI is InChI=1S/C15H14Cl2FNO/c16-12-3-2-11(13(17)8-12)5-6-19-9-10-1-4-15(20)14(18)7-10/h1-4,7-8,19-20H,5-6,9H2. The minimum absolute atomic E-state index is 0.332. The van der Waals surface area contributed by atoms with Crippen LogP contribution in [0.1, 0.15) is 11.1 Å². The maximum atomic E-state index is 13.1. The van der Waals surface area contributed by atoms with Crippen LogP contribution in [0, 0.1) is 5.82 Å². The Morgan fingerprint density at radius 1 is 1.10 bits per heavy atom. The molecule has 2 aromatic carbocycles. The molecule has 0 bridgehead atoms.